The lowest BCUT2D eigenvalue weighted by Crippen LogP contribution is -2.13. The van der Waals surface area contributed by atoms with Crippen LogP contribution in [0.25, 0.3) is 0 Å². The third-order valence-electron chi connectivity index (χ3n) is 3.94. The van der Waals surface area contributed by atoms with Gasteiger partial charge in [0.25, 0.3) is 5.91 Å². The van der Waals surface area contributed by atoms with Crippen molar-refractivity contribution in [1.82, 2.24) is 4.98 Å². The second-order valence-electron chi connectivity index (χ2n) is 5.77. The second-order valence-corrected chi connectivity index (χ2v) is 5.77. The minimum absolute atomic E-state index is 0.286. The third kappa shape index (κ3) is 4.17. The summed E-state index contributed by atoms with van der Waals surface area (Å²) < 4.78 is 16.4. The van der Waals surface area contributed by atoms with Gasteiger partial charge in [-0.1, -0.05) is 6.07 Å². The van der Waals surface area contributed by atoms with E-state index in [2.05, 4.69) is 10.3 Å². The van der Waals surface area contributed by atoms with Gasteiger partial charge in [0.05, 0.1) is 26.0 Å². The van der Waals surface area contributed by atoms with Crippen LogP contribution in [0.15, 0.2) is 60.9 Å². The molecule has 1 heterocycles. The van der Waals surface area contributed by atoms with Crippen LogP contribution in [-0.4, -0.2) is 25.1 Å². The summed E-state index contributed by atoms with van der Waals surface area (Å²) in [6, 6.07) is 14.2. The zero-order valence-corrected chi connectivity index (χ0v) is 15.4. The Kier molecular flexibility index (Phi) is 5.56. The average molecular weight is 364 g/mol. The lowest BCUT2D eigenvalue weighted by atomic mass is 10.1. The van der Waals surface area contributed by atoms with Crippen molar-refractivity contribution < 1.29 is 19.0 Å². The number of hydrogen-bond donors (Lipinski definition) is 1. The minimum Gasteiger partial charge on any atom is -0.493 e. The molecule has 0 saturated heterocycles. The number of amides is 1. The molecular formula is C21H20N2O4. The predicted octanol–water partition coefficient (Wildman–Crippen LogP) is 4.45. The SMILES string of the molecule is COc1cccc(C(=O)Nc2ccc(Oc3cccnc3)c(C)c2)c1OC. The number of aromatic nitrogens is 1. The van der Waals surface area contributed by atoms with Crippen molar-refractivity contribution in [2.75, 3.05) is 19.5 Å². The van der Waals surface area contributed by atoms with Crippen molar-refractivity contribution in [3.8, 4) is 23.0 Å². The van der Waals surface area contributed by atoms with Crippen molar-refractivity contribution in [2.45, 2.75) is 6.92 Å². The first-order valence-corrected chi connectivity index (χ1v) is 8.33. The maximum absolute atomic E-state index is 12.7. The molecule has 0 fully saturated rings. The quantitative estimate of drug-likeness (QED) is 0.700. The Bertz CT molecular complexity index is 942. The molecule has 0 saturated carbocycles. The average Bonchev–Trinajstić information content (AvgIpc) is 2.70. The minimum atomic E-state index is -0.286. The van der Waals surface area contributed by atoms with Crippen molar-refractivity contribution in [2.24, 2.45) is 0 Å². The summed E-state index contributed by atoms with van der Waals surface area (Å²) in [5.74, 6) is 1.96. The van der Waals surface area contributed by atoms with Gasteiger partial charge in [-0.15, -0.1) is 0 Å². The van der Waals surface area contributed by atoms with E-state index in [1.54, 1.807) is 48.8 Å². The van der Waals surface area contributed by atoms with Crippen LogP contribution in [0.2, 0.25) is 0 Å². The maximum atomic E-state index is 12.7. The highest BCUT2D eigenvalue weighted by atomic mass is 16.5. The van der Waals surface area contributed by atoms with Crippen LogP contribution >= 0.6 is 0 Å². The van der Waals surface area contributed by atoms with Gasteiger partial charge in [0.1, 0.15) is 11.5 Å². The van der Waals surface area contributed by atoms with E-state index in [1.165, 1.54) is 14.2 Å². The summed E-state index contributed by atoms with van der Waals surface area (Å²) in [6.07, 6.45) is 3.33. The predicted molar refractivity (Wildman–Crippen MR) is 103 cm³/mol. The smallest absolute Gasteiger partial charge is 0.259 e. The van der Waals surface area contributed by atoms with E-state index in [-0.39, 0.29) is 5.91 Å². The molecule has 0 radical (unpaired) electrons. The van der Waals surface area contributed by atoms with E-state index < -0.39 is 0 Å². The number of carbonyl (C=O) groups excluding carboxylic acids is 1. The number of nitrogens with zero attached hydrogens (tertiary/aromatic N) is 1. The highest BCUT2D eigenvalue weighted by Crippen LogP contribution is 2.32. The molecule has 2 aromatic carbocycles. The van der Waals surface area contributed by atoms with Gasteiger partial charge < -0.3 is 19.5 Å². The Morgan fingerprint density at radius 2 is 1.85 bits per heavy atom. The highest BCUT2D eigenvalue weighted by Gasteiger charge is 2.16. The second kappa shape index (κ2) is 8.23. The molecule has 0 unspecified atom stereocenters. The van der Waals surface area contributed by atoms with Crippen LogP contribution in [0.1, 0.15) is 15.9 Å². The Hall–Kier alpha value is -3.54. The summed E-state index contributed by atoms with van der Waals surface area (Å²) in [5.41, 5.74) is 1.93. The summed E-state index contributed by atoms with van der Waals surface area (Å²) in [6.45, 7) is 1.91. The number of hydrogen-bond acceptors (Lipinski definition) is 5. The molecule has 0 atom stereocenters. The van der Waals surface area contributed by atoms with E-state index in [0.29, 0.717) is 34.2 Å². The van der Waals surface area contributed by atoms with Crippen LogP contribution in [0, 0.1) is 6.92 Å². The Morgan fingerprint density at radius 1 is 1.00 bits per heavy atom. The van der Waals surface area contributed by atoms with Crippen LogP contribution in [-0.2, 0) is 0 Å². The van der Waals surface area contributed by atoms with Gasteiger partial charge in [-0.05, 0) is 55.0 Å². The van der Waals surface area contributed by atoms with Gasteiger partial charge in [0.15, 0.2) is 11.5 Å². The first-order chi connectivity index (χ1) is 13.1. The molecular weight excluding hydrogens is 344 g/mol. The number of nitrogens with one attached hydrogen (secondary N) is 1. The number of rotatable bonds is 6. The standard InChI is InChI=1S/C21H20N2O4/c1-14-12-15(9-10-18(14)27-16-6-5-11-22-13-16)23-21(24)17-7-4-8-19(25-2)20(17)26-3/h4-13H,1-3H3,(H,23,24). The number of benzene rings is 2. The lowest BCUT2D eigenvalue weighted by molar-refractivity contribution is 0.102. The first-order valence-electron chi connectivity index (χ1n) is 8.33. The molecule has 3 aromatic rings. The molecule has 0 aliphatic heterocycles. The molecule has 1 N–H and O–H groups in total. The Labute approximate surface area is 157 Å². The summed E-state index contributed by atoms with van der Waals surface area (Å²) >= 11 is 0. The van der Waals surface area contributed by atoms with Gasteiger partial charge in [0.2, 0.25) is 0 Å². The van der Waals surface area contributed by atoms with E-state index in [4.69, 9.17) is 14.2 Å². The van der Waals surface area contributed by atoms with Crippen LogP contribution in [0.4, 0.5) is 5.69 Å². The van der Waals surface area contributed by atoms with Gasteiger partial charge in [0, 0.05) is 11.9 Å². The summed E-state index contributed by atoms with van der Waals surface area (Å²) in [4.78, 5) is 16.7. The molecule has 27 heavy (non-hydrogen) atoms. The monoisotopic (exact) mass is 364 g/mol. The molecule has 0 aliphatic rings. The fraction of sp³-hybridized carbons (Fsp3) is 0.143. The van der Waals surface area contributed by atoms with Crippen LogP contribution < -0.4 is 19.5 Å². The number of ether oxygens (including phenoxy) is 3. The van der Waals surface area contributed by atoms with E-state index in [0.717, 1.165) is 5.56 Å². The first kappa shape index (κ1) is 18.3. The number of methoxy groups -OCH3 is 2. The highest BCUT2D eigenvalue weighted by molar-refractivity contribution is 6.06. The zero-order chi connectivity index (χ0) is 19.2. The van der Waals surface area contributed by atoms with Crippen LogP contribution in [0.5, 0.6) is 23.0 Å². The van der Waals surface area contributed by atoms with Gasteiger partial charge in [-0.2, -0.15) is 0 Å². The molecule has 138 valence electrons. The summed E-state index contributed by atoms with van der Waals surface area (Å²) in [7, 11) is 3.03. The molecule has 0 aliphatic carbocycles. The van der Waals surface area contributed by atoms with Gasteiger partial charge in [-0.3, -0.25) is 9.78 Å². The fourth-order valence-electron chi connectivity index (χ4n) is 2.64. The topological polar surface area (TPSA) is 69.7 Å². The Morgan fingerprint density at radius 3 is 2.52 bits per heavy atom. The molecule has 0 bridgehead atoms. The van der Waals surface area contributed by atoms with E-state index >= 15 is 0 Å². The van der Waals surface area contributed by atoms with Crippen molar-refractivity contribution in [3.05, 3.63) is 72.1 Å². The maximum Gasteiger partial charge on any atom is 0.259 e. The number of pyridine rings is 1. The largest absolute Gasteiger partial charge is 0.493 e. The van der Waals surface area contributed by atoms with Crippen molar-refractivity contribution in [1.29, 1.82) is 0 Å². The molecule has 6 heteroatoms. The molecule has 0 spiro atoms. The summed E-state index contributed by atoms with van der Waals surface area (Å²) in [5, 5.41) is 2.87. The number of carbonyl (C=O) groups is 1. The fourth-order valence-corrected chi connectivity index (χ4v) is 2.64. The molecule has 6 nitrogen and oxygen atoms in total. The van der Waals surface area contributed by atoms with Crippen molar-refractivity contribution >= 4 is 11.6 Å². The molecule has 3 rings (SSSR count). The number of anilines is 1. The zero-order valence-electron chi connectivity index (χ0n) is 15.4. The number of para-hydroxylation sites is 1. The van der Waals surface area contributed by atoms with Gasteiger partial charge >= 0.3 is 0 Å². The van der Waals surface area contributed by atoms with Gasteiger partial charge in [-0.25, -0.2) is 0 Å². The van der Waals surface area contributed by atoms with Crippen molar-refractivity contribution in [3.63, 3.8) is 0 Å². The number of aryl methyl sites for hydroxylation is 1. The molecule has 1 aromatic heterocycles. The Balaban J connectivity index is 1.78. The van der Waals surface area contributed by atoms with Crippen LogP contribution in [0.3, 0.4) is 0 Å². The third-order valence-corrected chi connectivity index (χ3v) is 3.94. The lowest BCUT2D eigenvalue weighted by Gasteiger charge is -2.14. The van der Waals surface area contributed by atoms with E-state index in [1.807, 2.05) is 19.1 Å². The molecule has 1 amide bonds. The normalized spacial score (nSPS) is 10.2. The van der Waals surface area contributed by atoms with E-state index in [9.17, 15) is 4.79 Å².